The first kappa shape index (κ1) is 34.8. The molecule has 0 bridgehead atoms. The molecule has 274 valence electrons. The first-order valence-electron chi connectivity index (χ1n) is 19.5. The number of nitrogens with zero attached hydrogens (tertiary/aromatic N) is 6. The summed E-state index contributed by atoms with van der Waals surface area (Å²) in [6.45, 7) is 0. The number of benzene rings is 7. The maximum Gasteiger partial charge on any atom is 0.164 e. The fourth-order valence-electron chi connectivity index (χ4n) is 7.47. The molecule has 9 aromatic rings. The lowest BCUT2D eigenvalue weighted by atomic mass is 9.98. The van der Waals surface area contributed by atoms with Gasteiger partial charge in [-0.05, 0) is 45.9 Å². The van der Waals surface area contributed by atoms with E-state index in [0.29, 0.717) is 34.9 Å². The molecule has 6 nitrogen and oxygen atoms in total. The van der Waals surface area contributed by atoms with Crippen LogP contribution < -0.4 is 0 Å². The first-order valence-corrected chi connectivity index (χ1v) is 19.5. The van der Waals surface area contributed by atoms with Gasteiger partial charge in [-0.2, -0.15) is 0 Å². The van der Waals surface area contributed by atoms with Crippen LogP contribution in [0.1, 0.15) is 18.4 Å². The molecule has 1 aliphatic rings. The molecule has 10 rings (SSSR count). The molecule has 0 atom stereocenters. The molecule has 0 saturated carbocycles. The lowest BCUT2D eigenvalue weighted by Crippen LogP contribution is -2.02. The highest BCUT2D eigenvalue weighted by atomic mass is 15.0. The smallest absolute Gasteiger partial charge is 0.164 e. The molecule has 0 fully saturated rings. The molecule has 0 unspecified atom stereocenters. The van der Waals surface area contributed by atoms with Crippen LogP contribution in [0.25, 0.3) is 95.8 Å². The van der Waals surface area contributed by atoms with Crippen molar-refractivity contribution in [2.75, 3.05) is 0 Å². The molecule has 58 heavy (non-hydrogen) atoms. The number of allylic oxidation sites excluding steroid dienone is 4. The van der Waals surface area contributed by atoms with E-state index in [1.54, 1.807) is 0 Å². The predicted molar refractivity (Wildman–Crippen MR) is 235 cm³/mol. The Kier molecular flexibility index (Phi) is 9.26. The van der Waals surface area contributed by atoms with Crippen LogP contribution in [0.15, 0.2) is 194 Å². The second kappa shape index (κ2) is 15.4. The molecule has 2 heterocycles. The summed E-state index contributed by atoms with van der Waals surface area (Å²) in [7, 11) is 0. The predicted octanol–water partition coefficient (Wildman–Crippen LogP) is 12.6. The zero-order chi connectivity index (χ0) is 38.7. The summed E-state index contributed by atoms with van der Waals surface area (Å²) in [5.41, 5.74) is 10.2. The molecular formula is C52H36N6. The molecule has 0 N–H and O–H groups in total. The zero-order valence-corrected chi connectivity index (χ0v) is 31.6. The molecule has 0 spiro atoms. The maximum atomic E-state index is 5.14. The van der Waals surface area contributed by atoms with Gasteiger partial charge in [0.05, 0.1) is 0 Å². The summed E-state index contributed by atoms with van der Waals surface area (Å²) in [6.07, 6.45) is 8.87. The van der Waals surface area contributed by atoms with Crippen LogP contribution in [0.3, 0.4) is 0 Å². The molecule has 7 aromatic carbocycles. The molecule has 0 amide bonds. The monoisotopic (exact) mass is 744 g/mol. The van der Waals surface area contributed by atoms with Crippen LogP contribution in [-0.2, 0) is 0 Å². The van der Waals surface area contributed by atoms with Crippen molar-refractivity contribution in [3.63, 3.8) is 0 Å². The van der Waals surface area contributed by atoms with E-state index < -0.39 is 0 Å². The first-order chi connectivity index (χ1) is 28.7. The Hall–Kier alpha value is -7.70. The van der Waals surface area contributed by atoms with E-state index >= 15 is 0 Å². The third-order valence-electron chi connectivity index (χ3n) is 10.5. The molecular weight excluding hydrogens is 709 g/mol. The topological polar surface area (TPSA) is 77.3 Å². The van der Waals surface area contributed by atoms with E-state index in [4.69, 9.17) is 29.9 Å². The Bertz CT molecular complexity index is 2960. The molecule has 0 saturated heterocycles. The van der Waals surface area contributed by atoms with E-state index in [0.717, 1.165) is 68.1 Å². The third-order valence-corrected chi connectivity index (χ3v) is 10.5. The molecule has 0 radical (unpaired) electrons. The summed E-state index contributed by atoms with van der Waals surface area (Å²) in [6, 6.07) is 59.9. The maximum absolute atomic E-state index is 5.14. The highest BCUT2D eigenvalue weighted by Crippen LogP contribution is 2.36. The molecule has 2 aromatic heterocycles. The van der Waals surface area contributed by atoms with Gasteiger partial charge >= 0.3 is 0 Å². The number of fused-ring (bicyclic) bond motifs is 1. The minimum absolute atomic E-state index is 0.586. The van der Waals surface area contributed by atoms with E-state index in [1.165, 1.54) is 11.1 Å². The minimum Gasteiger partial charge on any atom is -0.208 e. The van der Waals surface area contributed by atoms with Gasteiger partial charge in [0.15, 0.2) is 34.9 Å². The van der Waals surface area contributed by atoms with Crippen molar-refractivity contribution >= 4 is 16.3 Å². The molecule has 0 aliphatic heterocycles. The second-order valence-corrected chi connectivity index (χ2v) is 14.2. The van der Waals surface area contributed by atoms with Gasteiger partial charge in [0.2, 0.25) is 0 Å². The average molecular weight is 745 g/mol. The van der Waals surface area contributed by atoms with Crippen LogP contribution in [-0.4, -0.2) is 29.9 Å². The normalized spacial score (nSPS) is 12.4. The van der Waals surface area contributed by atoms with Crippen molar-refractivity contribution in [2.45, 2.75) is 12.8 Å². The quantitative estimate of drug-likeness (QED) is 0.154. The number of rotatable bonds is 8. The fourth-order valence-corrected chi connectivity index (χ4v) is 7.47. The third kappa shape index (κ3) is 6.99. The van der Waals surface area contributed by atoms with Gasteiger partial charge < -0.3 is 0 Å². The van der Waals surface area contributed by atoms with Crippen molar-refractivity contribution in [1.29, 1.82) is 0 Å². The van der Waals surface area contributed by atoms with Gasteiger partial charge in [0, 0.05) is 33.4 Å². The van der Waals surface area contributed by atoms with Crippen LogP contribution in [0.5, 0.6) is 0 Å². The lowest BCUT2D eigenvalue weighted by Gasteiger charge is -2.13. The van der Waals surface area contributed by atoms with E-state index in [2.05, 4.69) is 127 Å². The summed E-state index contributed by atoms with van der Waals surface area (Å²) in [5, 5.41) is 1.97. The van der Waals surface area contributed by atoms with Crippen LogP contribution in [0.2, 0.25) is 0 Å². The van der Waals surface area contributed by atoms with Gasteiger partial charge in [-0.3, -0.25) is 0 Å². The SMILES string of the molecule is C1=CC(c2ccc(-c3nc(-c4ccccc4)nc(-c4cccc5c(-c6nc(-c7ccccc7)nc(-c7ccc(-c8ccccc8)cc7)n6)cccc45)n3)cc2)=CCC1. The second-order valence-electron chi connectivity index (χ2n) is 14.2. The van der Waals surface area contributed by atoms with Gasteiger partial charge in [0.1, 0.15) is 0 Å². The minimum atomic E-state index is 0.586. The van der Waals surface area contributed by atoms with Crippen LogP contribution >= 0.6 is 0 Å². The summed E-state index contributed by atoms with van der Waals surface area (Å²) < 4.78 is 0. The van der Waals surface area contributed by atoms with Crippen molar-refractivity contribution in [3.05, 3.63) is 200 Å². The number of aromatic nitrogens is 6. The highest BCUT2D eigenvalue weighted by molar-refractivity contribution is 6.03. The Balaban J connectivity index is 1.10. The molecule has 6 heteroatoms. The van der Waals surface area contributed by atoms with E-state index in [1.807, 2.05) is 66.7 Å². The fraction of sp³-hybridized carbons (Fsp3) is 0.0385. The Labute approximate surface area is 337 Å². The van der Waals surface area contributed by atoms with Crippen LogP contribution in [0, 0.1) is 0 Å². The Morgan fingerprint density at radius 2 is 0.638 bits per heavy atom. The van der Waals surface area contributed by atoms with Gasteiger partial charge in [-0.25, -0.2) is 29.9 Å². The average Bonchev–Trinajstić information content (AvgIpc) is 3.32. The largest absolute Gasteiger partial charge is 0.208 e. The van der Waals surface area contributed by atoms with Crippen molar-refractivity contribution in [3.8, 4) is 79.5 Å². The van der Waals surface area contributed by atoms with Gasteiger partial charge in [-0.15, -0.1) is 0 Å². The summed E-state index contributed by atoms with van der Waals surface area (Å²) in [5.74, 6) is 3.62. The van der Waals surface area contributed by atoms with E-state index in [-0.39, 0.29) is 0 Å². The van der Waals surface area contributed by atoms with Gasteiger partial charge in [-0.1, -0.05) is 194 Å². The highest BCUT2D eigenvalue weighted by Gasteiger charge is 2.18. The standard InChI is InChI=1S/C52H36N6/c1-5-15-35(16-6-1)37-27-31-41(32-28-37)49-53-47(39-19-9-3-10-20-39)55-51(57-49)45-25-13-24-44-43(45)23-14-26-46(44)52-56-48(40-21-11-4-12-22-40)54-50(58-52)42-33-29-38(30-34-42)36-17-7-2-8-18-36/h1,3-7,9-34H,2,8H2. The summed E-state index contributed by atoms with van der Waals surface area (Å²) in [4.78, 5) is 30.5. The number of hydrogen-bond donors (Lipinski definition) is 0. The number of hydrogen-bond acceptors (Lipinski definition) is 6. The van der Waals surface area contributed by atoms with Crippen molar-refractivity contribution < 1.29 is 0 Å². The van der Waals surface area contributed by atoms with Crippen LogP contribution in [0.4, 0.5) is 0 Å². The molecule has 1 aliphatic carbocycles. The van der Waals surface area contributed by atoms with E-state index in [9.17, 15) is 0 Å². The Morgan fingerprint density at radius 1 is 0.276 bits per heavy atom. The summed E-state index contributed by atoms with van der Waals surface area (Å²) >= 11 is 0. The Morgan fingerprint density at radius 3 is 1.07 bits per heavy atom. The lowest BCUT2D eigenvalue weighted by molar-refractivity contribution is 1.04. The van der Waals surface area contributed by atoms with Crippen molar-refractivity contribution in [1.82, 2.24) is 29.9 Å². The van der Waals surface area contributed by atoms with Gasteiger partial charge in [0.25, 0.3) is 0 Å². The van der Waals surface area contributed by atoms with Crippen molar-refractivity contribution in [2.24, 2.45) is 0 Å². The zero-order valence-electron chi connectivity index (χ0n) is 31.6.